The second-order valence-corrected chi connectivity index (χ2v) is 15.6. The van der Waals surface area contributed by atoms with Gasteiger partial charge in [0.2, 0.25) is 0 Å². The number of nitrogens with zero attached hydrogens (tertiary/aromatic N) is 4. The Balaban J connectivity index is 1.15. The van der Waals surface area contributed by atoms with E-state index in [4.69, 9.17) is 19.4 Å². The Labute approximate surface area is 328 Å². The van der Waals surface area contributed by atoms with Gasteiger partial charge in [-0.25, -0.2) is 15.0 Å². The van der Waals surface area contributed by atoms with Crippen LogP contribution < -0.4 is 0 Å². The lowest BCUT2D eigenvalue weighted by Crippen LogP contribution is -2.15. The van der Waals surface area contributed by atoms with Gasteiger partial charge in [-0.2, -0.15) is 0 Å². The van der Waals surface area contributed by atoms with E-state index < -0.39 is 0 Å². The maximum atomic E-state index is 6.71. The van der Waals surface area contributed by atoms with Crippen LogP contribution in [0, 0.1) is 0 Å². The van der Waals surface area contributed by atoms with Gasteiger partial charge in [0.25, 0.3) is 0 Å². The molecule has 1 aliphatic carbocycles. The topological polar surface area (TPSA) is 56.7 Å². The molecule has 57 heavy (non-hydrogen) atoms. The number of hydrogen-bond donors (Lipinski definition) is 0. The predicted octanol–water partition coefficient (Wildman–Crippen LogP) is 13.3. The molecule has 0 bridgehead atoms. The molecular formula is C52H34N4O. The highest BCUT2D eigenvalue weighted by molar-refractivity contribution is 6.20. The predicted molar refractivity (Wildman–Crippen MR) is 233 cm³/mol. The Bertz CT molecular complexity index is 3450. The van der Waals surface area contributed by atoms with Crippen LogP contribution in [0.1, 0.15) is 25.0 Å². The molecule has 0 fully saturated rings. The summed E-state index contributed by atoms with van der Waals surface area (Å²) in [4.78, 5) is 15.7. The second kappa shape index (κ2) is 11.8. The molecule has 12 rings (SSSR count). The summed E-state index contributed by atoms with van der Waals surface area (Å²) >= 11 is 0. The third kappa shape index (κ3) is 4.66. The minimum atomic E-state index is -0.159. The molecule has 5 nitrogen and oxygen atoms in total. The van der Waals surface area contributed by atoms with Crippen LogP contribution in [-0.4, -0.2) is 19.5 Å². The molecule has 3 heterocycles. The van der Waals surface area contributed by atoms with E-state index in [2.05, 4.69) is 158 Å². The summed E-state index contributed by atoms with van der Waals surface area (Å²) in [5.41, 5.74) is 12.6. The minimum absolute atomic E-state index is 0.159. The molecule has 0 aliphatic heterocycles. The summed E-state index contributed by atoms with van der Waals surface area (Å²) in [7, 11) is 0. The summed E-state index contributed by atoms with van der Waals surface area (Å²) in [6.45, 7) is 4.61. The van der Waals surface area contributed by atoms with Crippen molar-refractivity contribution in [3.63, 3.8) is 0 Å². The van der Waals surface area contributed by atoms with Gasteiger partial charge in [-0.1, -0.05) is 153 Å². The first-order valence-electron chi connectivity index (χ1n) is 19.4. The first-order valence-corrected chi connectivity index (χ1v) is 19.4. The minimum Gasteiger partial charge on any atom is -0.456 e. The number of furan rings is 1. The van der Waals surface area contributed by atoms with Crippen molar-refractivity contribution in [1.82, 2.24) is 19.5 Å². The highest BCUT2D eigenvalue weighted by Crippen LogP contribution is 2.49. The number of aromatic nitrogens is 4. The SMILES string of the molecule is CC1(C)c2ccccc2-c2ccc(-c3nc(-c4ccccc4)nc(-c4cc(-n5c6ccccc6c6ccc7ccccc7c65)c5c(c4)oc4ccccc45)n3)cc21. The van der Waals surface area contributed by atoms with Crippen LogP contribution in [0.2, 0.25) is 0 Å². The molecule has 0 saturated carbocycles. The van der Waals surface area contributed by atoms with Crippen molar-refractivity contribution < 1.29 is 4.42 Å². The van der Waals surface area contributed by atoms with E-state index in [1.54, 1.807) is 0 Å². The van der Waals surface area contributed by atoms with Crippen molar-refractivity contribution >= 4 is 54.5 Å². The van der Waals surface area contributed by atoms with Crippen LogP contribution in [0.4, 0.5) is 0 Å². The molecule has 0 unspecified atom stereocenters. The summed E-state index contributed by atoms with van der Waals surface area (Å²) in [6, 6.07) is 60.0. The largest absolute Gasteiger partial charge is 0.456 e. The fourth-order valence-corrected chi connectivity index (χ4v) is 9.31. The van der Waals surface area contributed by atoms with E-state index in [1.807, 2.05) is 30.3 Å². The van der Waals surface area contributed by atoms with Gasteiger partial charge in [0.1, 0.15) is 11.2 Å². The Hall–Kier alpha value is -7.37. The van der Waals surface area contributed by atoms with Crippen molar-refractivity contribution in [2.24, 2.45) is 0 Å². The van der Waals surface area contributed by atoms with E-state index in [0.717, 1.165) is 55.3 Å². The third-order valence-electron chi connectivity index (χ3n) is 12.0. The van der Waals surface area contributed by atoms with Crippen molar-refractivity contribution in [1.29, 1.82) is 0 Å². The van der Waals surface area contributed by atoms with Crippen LogP contribution >= 0.6 is 0 Å². The fourth-order valence-electron chi connectivity index (χ4n) is 9.31. The zero-order chi connectivity index (χ0) is 37.8. The quantitative estimate of drug-likeness (QED) is 0.181. The monoisotopic (exact) mass is 730 g/mol. The second-order valence-electron chi connectivity index (χ2n) is 15.6. The Morgan fingerprint density at radius 3 is 1.98 bits per heavy atom. The molecule has 0 amide bonds. The molecular weight excluding hydrogens is 697 g/mol. The van der Waals surface area contributed by atoms with Crippen LogP contribution in [-0.2, 0) is 5.41 Å². The first kappa shape index (κ1) is 31.9. The average Bonchev–Trinajstić information content (AvgIpc) is 3.89. The zero-order valence-corrected chi connectivity index (χ0v) is 31.4. The Morgan fingerprint density at radius 2 is 1.12 bits per heavy atom. The van der Waals surface area contributed by atoms with Crippen molar-refractivity contribution in [2.75, 3.05) is 0 Å². The van der Waals surface area contributed by atoms with Crippen LogP contribution in [0.15, 0.2) is 174 Å². The maximum Gasteiger partial charge on any atom is 0.164 e. The standard InChI is InChI=1S/C52H34N4O/c1-52(2)41-21-11-8-18-36(41)37-26-25-33(28-42(37)52)50-53-49(32-15-4-3-5-16-32)54-51(55-50)34-29-44(47-40-20-10-13-23-45(40)57-46(47)30-34)56-43-22-12-9-19-38(43)39-27-24-31-14-6-7-17-35(31)48(39)56/h3-30H,1-2H3. The Morgan fingerprint density at radius 1 is 0.456 bits per heavy atom. The van der Waals surface area contributed by atoms with Gasteiger partial charge in [-0.15, -0.1) is 0 Å². The van der Waals surface area contributed by atoms with E-state index in [9.17, 15) is 0 Å². The van der Waals surface area contributed by atoms with Crippen molar-refractivity contribution in [3.8, 4) is 51.0 Å². The van der Waals surface area contributed by atoms with Gasteiger partial charge in [-0.05, 0) is 58.0 Å². The number of para-hydroxylation sites is 2. The Kier molecular flexibility index (Phi) is 6.62. The molecule has 0 atom stereocenters. The molecule has 0 spiro atoms. The van der Waals surface area contributed by atoms with E-state index in [1.165, 1.54) is 43.8 Å². The number of rotatable bonds is 4. The smallest absolute Gasteiger partial charge is 0.164 e. The van der Waals surface area contributed by atoms with Gasteiger partial charge < -0.3 is 8.98 Å². The van der Waals surface area contributed by atoms with Crippen molar-refractivity contribution in [2.45, 2.75) is 19.3 Å². The molecule has 8 aromatic carbocycles. The lowest BCUT2D eigenvalue weighted by molar-refractivity contribution is 0.660. The van der Waals surface area contributed by atoms with Crippen molar-refractivity contribution in [3.05, 3.63) is 181 Å². The molecule has 11 aromatic rings. The van der Waals surface area contributed by atoms with Gasteiger partial charge in [0.05, 0.1) is 22.1 Å². The lowest BCUT2D eigenvalue weighted by atomic mass is 9.82. The number of fused-ring (bicyclic) bond motifs is 11. The maximum absolute atomic E-state index is 6.71. The zero-order valence-electron chi connectivity index (χ0n) is 31.4. The summed E-state index contributed by atoms with van der Waals surface area (Å²) < 4.78 is 9.13. The molecule has 1 aliphatic rings. The van der Waals surface area contributed by atoms with E-state index >= 15 is 0 Å². The van der Waals surface area contributed by atoms with Gasteiger partial charge >= 0.3 is 0 Å². The molecule has 0 N–H and O–H groups in total. The fraction of sp³-hybridized carbons (Fsp3) is 0.0577. The molecule has 0 saturated heterocycles. The van der Waals surface area contributed by atoms with Gasteiger partial charge in [-0.3, -0.25) is 0 Å². The molecule has 268 valence electrons. The number of hydrogen-bond acceptors (Lipinski definition) is 4. The van der Waals surface area contributed by atoms with Gasteiger partial charge in [0.15, 0.2) is 17.5 Å². The lowest BCUT2D eigenvalue weighted by Gasteiger charge is -2.21. The average molecular weight is 731 g/mol. The van der Waals surface area contributed by atoms with E-state index in [0.29, 0.717) is 17.5 Å². The highest BCUT2D eigenvalue weighted by Gasteiger charge is 2.35. The van der Waals surface area contributed by atoms with Crippen LogP contribution in [0.25, 0.3) is 105 Å². The summed E-state index contributed by atoms with van der Waals surface area (Å²) in [5.74, 6) is 1.83. The molecule has 0 radical (unpaired) electrons. The normalized spacial score (nSPS) is 13.2. The molecule has 5 heteroatoms. The summed E-state index contributed by atoms with van der Waals surface area (Å²) in [6.07, 6.45) is 0. The van der Waals surface area contributed by atoms with Gasteiger partial charge in [0, 0.05) is 43.7 Å². The number of benzene rings is 8. The molecule has 3 aromatic heterocycles. The first-order chi connectivity index (χ1) is 28.0. The van der Waals surface area contributed by atoms with Crippen LogP contribution in [0.5, 0.6) is 0 Å². The van der Waals surface area contributed by atoms with E-state index in [-0.39, 0.29) is 5.41 Å². The van der Waals surface area contributed by atoms with Crippen LogP contribution in [0.3, 0.4) is 0 Å². The summed E-state index contributed by atoms with van der Waals surface area (Å²) in [5, 5.41) is 6.87. The highest BCUT2D eigenvalue weighted by atomic mass is 16.3. The third-order valence-corrected chi connectivity index (χ3v) is 12.0.